The molecule has 26 heavy (non-hydrogen) atoms. The third-order valence-electron chi connectivity index (χ3n) is 4.11. The lowest BCUT2D eigenvalue weighted by atomic mass is 10.0. The summed E-state index contributed by atoms with van der Waals surface area (Å²) in [5.41, 5.74) is 1.91. The van der Waals surface area contributed by atoms with Crippen molar-refractivity contribution in [1.29, 1.82) is 0 Å². The average molecular weight is 394 g/mol. The van der Waals surface area contributed by atoms with Crippen molar-refractivity contribution in [3.8, 4) is 0 Å². The molecule has 1 aliphatic heterocycles. The zero-order chi connectivity index (χ0) is 18.9. The van der Waals surface area contributed by atoms with E-state index in [0.29, 0.717) is 24.2 Å². The minimum absolute atomic E-state index is 0.226. The van der Waals surface area contributed by atoms with E-state index in [1.807, 2.05) is 0 Å². The summed E-state index contributed by atoms with van der Waals surface area (Å²) in [4.78, 5) is 24.2. The predicted molar refractivity (Wildman–Crippen MR) is 99.4 cm³/mol. The number of amides is 1. The molecular weight excluding hydrogens is 376 g/mol. The van der Waals surface area contributed by atoms with Crippen molar-refractivity contribution in [1.82, 2.24) is 5.32 Å². The van der Waals surface area contributed by atoms with E-state index in [1.165, 1.54) is 16.6 Å². The van der Waals surface area contributed by atoms with Gasteiger partial charge in [-0.1, -0.05) is 0 Å². The third-order valence-corrected chi connectivity index (χ3v) is 6.37. The number of fused-ring (bicyclic) bond motifs is 1. The van der Waals surface area contributed by atoms with Crippen LogP contribution in [0.1, 0.15) is 36.9 Å². The van der Waals surface area contributed by atoms with Crippen LogP contribution in [0.4, 0.5) is 5.69 Å². The largest absolute Gasteiger partial charge is 0.477 e. The fraction of sp³-hybridized carbons (Fsp3) is 0.294. The average Bonchev–Trinajstić information content (AvgIpc) is 3.07. The number of thiophene rings is 1. The number of aromatic carboxylic acids is 1. The van der Waals surface area contributed by atoms with Crippen molar-refractivity contribution in [2.24, 2.45) is 0 Å². The number of aryl methyl sites for hydroxylation is 1. The summed E-state index contributed by atoms with van der Waals surface area (Å²) < 4.78 is 25.1. The first-order valence-corrected chi connectivity index (χ1v) is 10.6. The fourth-order valence-electron chi connectivity index (χ4n) is 2.91. The molecule has 2 aromatic rings. The molecule has 1 aromatic carbocycles. The summed E-state index contributed by atoms with van der Waals surface area (Å²) >= 11 is 1.12. The number of carboxylic acid groups (broad SMARTS) is 1. The number of anilines is 1. The number of sulfonamides is 1. The second kappa shape index (κ2) is 7.08. The molecule has 2 heterocycles. The minimum atomic E-state index is -3.34. The fourth-order valence-corrected chi connectivity index (χ4v) is 4.69. The van der Waals surface area contributed by atoms with Crippen LogP contribution in [0.2, 0.25) is 0 Å². The molecule has 138 valence electrons. The van der Waals surface area contributed by atoms with Gasteiger partial charge in [-0.25, -0.2) is 13.2 Å². The third kappa shape index (κ3) is 3.88. The van der Waals surface area contributed by atoms with E-state index in [1.54, 1.807) is 24.3 Å². The molecule has 0 radical (unpaired) electrons. The maximum atomic E-state index is 12.4. The van der Waals surface area contributed by atoms with E-state index < -0.39 is 16.0 Å². The van der Waals surface area contributed by atoms with Gasteiger partial charge in [-0.3, -0.25) is 9.10 Å². The molecule has 2 N–H and O–H groups in total. The van der Waals surface area contributed by atoms with E-state index >= 15 is 0 Å². The number of nitrogens with zero attached hydrogens (tertiary/aromatic N) is 1. The van der Waals surface area contributed by atoms with E-state index in [2.05, 4.69) is 5.32 Å². The molecule has 1 aliphatic rings. The van der Waals surface area contributed by atoms with Gasteiger partial charge in [0.1, 0.15) is 4.88 Å². The van der Waals surface area contributed by atoms with Gasteiger partial charge in [-0.05, 0) is 48.7 Å². The molecule has 1 amide bonds. The maximum Gasteiger partial charge on any atom is 0.345 e. The van der Waals surface area contributed by atoms with Crippen LogP contribution in [0.15, 0.2) is 30.3 Å². The highest BCUT2D eigenvalue weighted by atomic mass is 32.2. The topological polar surface area (TPSA) is 104 Å². The molecule has 3 rings (SSSR count). The number of hydrogen-bond donors (Lipinski definition) is 2. The van der Waals surface area contributed by atoms with Crippen LogP contribution >= 0.6 is 11.3 Å². The zero-order valence-electron chi connectivity index (χ0n) is 14.1. The molecule has 0 saturated carbocycles. The first-order valence-electron chi connectivity index (χ1n) is 7.96. The van der Waals surface area contributed by atoms with Gasteiger partial charge in [-0.15, -0.1) is 11.3 Å². The highest BCUT2D eigenvalue weighted by molar-refractivity contribution is 7.92. The molecule has 0 unspecified atom stereocenters. The molecule has 0 aliphatic carbocycles. The SMILES string of the molecule is CS(=O)(=O)N1CCCc2cc(C(=O)NCc3ccc(C(=O)O)s3)ccc21. The number of nitrogens with one attached hydrogen (secondary N) is 1. The lowest BCUT2D eigenvalue weighted by Gasteiger charge is -2.29. The summed E-state index contributed by atoms with van der Waals surface area (Å²) in [5, 5.41) is 11.7. The molecular formula is C17H18N2O5S2. The van der Waals surface area contributed by atoms with Crippen LogP contribution in [-0.4, -0.2) is 38.2 Å². The first-order chi connectivity index (χ1) is 12.3. The number of rotatable bonds is 5. The Morgan fingerprint density at radius 3 is 2.69 bits per heavy atom. The van der Waals surface area contributed by atoms with Crippen LogP contribution in [0.5, 0.6) is 0 Å². The molecule has 1 aromatic heterocycles. The second-order valence-electron chi connectivity index (χ2n) is 6.04. The van der Waals surface area contributed by atoms with Gasteiger partial charge in [0.15, 0.2) is 0 Å². The number of hydrogen-bond acceptors (Lipinski definition) is 5. The molecule has 0 bridgehead atoms. The summed E-state index contributed by atoms with van der Waals surface area (Å²) in [5.74, 6) is -1.27. The molecule has 0 saturated heterocycles. The lowest BCUT2D eigenvalue weighted by Crippen LogP contribution is -2.34. The highest BCUT2D eigenvalue weighted by Crippen LogP contribution is 2.29. The first kappa shape index (κ1) is 18.4. The number of carboxylic acids is 1. The van der Waals surface area contributed by atoms with Crippen LogP contribution in [0, 0.1) is 0 Å². The monoisotopic (exact) mass is 394 g/mol. The van der Waals surface area contributed by atoms with Crippen molar-refractivity contribution in [2.75, 3.05) is 17.1 Å². The summed E-state index contributed by atoms with van der Waals surface area (Å²) in [7, 11) is -3.34. The van der Waals surface area contributed by atoms with Crippen LogP contribution in [0.25, 0.3) is 0 Å². The van der Waals surface area contributed by atoms with Crippen LogP contribution < -0.4 is 9.62 Å². The summed E-state index contributed by atoms with van der Waals surface area (Å²) in [6, 6.07) is 8.17. The molecule has 0 fully saturated rings. The second-order valence-corrected chi connectivity index (χ2v) is 9.11. The number of carbonyl (C=O) groups is 2. The van der Waals surface area contributed by atoms with Crippen molar-refractivity contribution in [3.05, 3.63) is 51.2 Å². The van der Waals surface area contributed by atoms with Crippen molar-refractivity contribution in [3.63, 3.8) is 0 Å². The predicted octanol–water partition coefficient (Wildman–Crippen LogP) is 2.09. The Labute approximate surface area is 155 Å². The Balaban J connectivity index is 1.73. The van der Waals surface area contributed by atoms with Gasteiger partial charge >= 0.3 is 5.97 Å². The van der Waals surface area contributed by atoms with Crippen LogP contribution in [-0.2, 0) is 23.0 Å². The number of benzene rings is 1. The van der Waals surface area contributed by atoms with Gasteiger partial charge in [-0.2, -0.15) is 0 Å². The van der Waals surface area contributed by atoms with Gasteiger partial charge in [0.05, 0.1) is 18.5 Å². The minimum Gasteiger partial charge on any atom is -0.477 e. The van der Waals surface area contributed by atoms with E-state index in [-0.39, 0.29) is 17.3 Å². The Kier molecular flexibility index (Phi) is 5.01. The quantitative estimate of drug-likeness (QED) is 0.808. The zero-order valence-corrected chi connectivity index (χ0v) is 15.7. The molecule has 9 heteroatoms. The van der Waals surface area contributed by atoms with E-state index in [9.17, 15) is 18.0 Å². The standard InChI is InChI=1S/C17H18N2O5S2/c1-26(23,24)19-8-2-3-11-9-12(4-6-14(11)19)16(20)18-10-13-5-7-15(25-13)17(21)22/h4-7,9H,2-3,8,10H2,1H3,(H,18,20)(H,21,22). The van der Waals surface area contributed by atoms with Gasteiger partial charge < -0.3 is 10.4 Å². The number of carbonyl (C=O) groups excluding carboxylic acids is 1. The Hall–Kier alpha value is -2.39. The van der Waals surface area contributed by atoms with Crippen LogP contribution in [0.3, 0.4) is 0 Å². The van der Waals surface area contributed by atoms with Gasteiger partial charge in [0.2, 0.25) is 10.0 Å². The molecule has 0 atom stereocenters. The van der Waals surface area contributed by atoms with E-state index in [4.69, 9.17) is 5.11 Å². The highest BCUT2D eigenvalue weighted by Gasteiger charge is 2.24. The van der Waals surface area contributed by atoms with Gasteiger partial charge in [0, 0.05) is 17.0 Å². The van der Waals surface area contributed by atoms with Crippen molar-refractivity contribution >= 4 is 38.9 Å². The molecule has 0 spiro atoms. The normalized spacial score (nSPS) is 14.0. The Morgan fingerprint density at radius 1 is 1.27 bits per heavy atom. The smallest absolute Gasteiger partial charge is 0.345 e. The summed E-state index contributed by atoms with van der Waals surface area (Å²) in [6.07, 6.45) is 2.60. The summed E-state index contributed by atoms with van der Waals surface area (Å²) in [6.45, 7) is 0.686. The Bertz CT molecular complexity index is 965. The van der Waals surface area contributed by atoms with Crippen molar-refractivity contribution < 1.29 is 23.1 Å². The van der Waals surface area contributed by atoms with Gasteiger partial charge in [0.25, 0.3) is 5.91 Å². The van der Waals surface area contributed by atoms with Crippen molar-refractivity contribution in [2.45, 2.75) is 19.4 Å². The Morgan fingerprint density at radius 2 is 2.04 bits per heavy atom. The lowest BCUT2D eigenvalue weighted by molar-refractivity contribution is 0.0702. The van der Waals surface area contributed by atoms with E-state index in [0.717, 1.165) is 28.2 Å². The maximum absolute atomic E-state index is 12.4. The molecule has 7 nitrogen and oxygen atoms in total.